The molecule has 2 amide bonds. The molecule has 5 rings (SSSR count). The maximum atomic E-state index is 14.2. The van der Waals surface area contributed by atoms with Crippen LogP contribution in [0.1, 0.15) is 74.4 Å². The van der Waals surface area contributed by atoms with E-state index in [0.717, 1.165) is 39.1 Å². The monoisotopic (exact) mass is 612 g/mol. The van der Waals surface area contributed by atoms with Crippen molar-refractivity contribution in [3.63, 3.8) is 0 Å². The molecule has 228 valence electrons. The van der Waals surface area contributed by atoms with E-state index in [1.165, 1.54) is 13.2 Å². The van der Waals surface area contributed by atoms with E-state index < -0.39 is 17.4 Å². The minimum absolute atomic E-state index is 0.0514. The van der Waals surface area contributed by atoms with Crippen LogP contribution in [0.4, 0.5) is 5.69 Å². The highest BCUT2D eigenvalue weighted by Gasteiger charge is 2.28. The van der Waals surface area contributed by atoms with Crippen molar-refractivity contribution in [2.75, 3.05) is 19.0 Å². The Bertz CT molecular complexity index is 1760. The standard InChI is InChI=1S/C34H36N4O5S/c1-18-13-20(17-35)14-19(2)28(18)37-31(39)24-15-25-27(43-11-9-21-10-12-44-30(21)25)16-23(24)22-7-8-26(32(40)38-34(3,4)5)36-29(22)33(41)42-6/h7-8,10,12-16H,9,11,17,35H2,1-6H3,(H,37,39)(H,38,40). The first-order valence-corrected chi connectivity index (χ1v) is 15.2. The Morgan fingerprint density at radius 1 is 1.00 bits per heavy atom. The van der Waals surface area contributed by atoms with Gasteiger partial charge in [-0.3, -0.25) is 9.59 Å². The fourth-order valence-corrected chi connectivity index (χ4v) is 6.31. The Hall–Kier alpha value is -4.54. The summed E-state index contributed by atoms with van der Waals surface area (Å²) in [5.74, 6) is -0.961. The number of thiophene rings is 1. The number of methoxy groups -OCH3 is 1. The van der Waals surface area contributed by atoms with Crippen LogP contribution < -0.4 is 21.1 Å². The smallest absolute Gasteiger partial charge is 0.357 e. The predicted molar refractivity (Wildman–Crippen MR) is 173 cm³/mol. The molecule has 1 aliphatic heterocycles. The Morgan fingerprint density at radius 3 is 2.39 bits per heavy atom. The largest absolute Gasteiger partial charge is 0.493 e. The number of hydrogen-bond acceptors (Lipinski definition) is 8. The summed E-state index contributed by atoms with van der Waals surface area (Å²) in [6.45, 7) is 10.3. The molecule has 1 aliphatic rings. The Morgan fingerprint density at radius 2 is 1.73 bits per heavy atom. The van der Waals surface area contributed by atoms with Crippen molar-refractivity contribution in [1.29, 1.82) is 0 Å². The summed E-state index contributed by atoms with van der Waals surface area (Å²) in [5, 5.41) is 7.99. The van der Waals surface area contributed by atoms with Gasteiger partial charge in [0.15, 0.2) is 5.69 Å². The van der Waals surface area contributed by atoms with Crippen LogP contribution >= 0.6 is 11.3 Å². The molecule has 0 fully saturated rings. The van der Waals surface area contributed by atoms with Gasteiger partial charge in [-0.15, -0.1) is 11.3 Å². The molecule has 0 atom stereocenters. The van der Waals surface area contributed by atoms with Crippen molar-refractivity contribution in [3.8, 4) is 27.3 Å². The van der Waals surface area contributed by atoms with E-state index in [2.05, 4.69) is 21.7 Å². The number of aryl methyl sites for hydroxylation is 2. The Labute approximate surface area is 260 Å². The number of nitrogens with zero attached hydrogens (tertiary/aromatic N) is 1. The van der Waals surface area contributed by atoms with Gasteiger partial charge in [0.05, 0.1) is 13.7 Å². The Kier molecular flexibility index (Phi) is 8.58. The molecule has 4 N–H and O–H groups in total. The Balaban J connectivity index is 1.70. The minimum atomic E-state index is -0.739. The normalized spacial score (nSPS) is 12.3. The van der Waals surface area contributed by atoms with Crippen LogP contribution in [0.5, 0.6) is 5.75 Å². The highest BCUT2D eigenvalue weighted by atomic mass is 32.1. The van der Waals surface area contributed by atoms with E-state index in [-0.39, 0.29) is 17.3 Å². The molecule has 10 heteroatoms. The zero-order valence-electron chi connectivity index (χ0n) is 25.7. The van der Waals surface area contributed by atoms with Gasteiger partial charge in [0, 0.05) is 51.3 Å². The third-order valence-corrected chi connectivity index (χ3v) is 8.33. The maximum absolute atomic E-state index is 14.2. The number of fused-ring (bicyclic) bond motifs is 3. The summed E-state index contributed by atoms with van der Waals surface area (Å²) < 4.78 is 11.3. The van der Waals surface area contributed by atoms with Gasteiger partial charge < -0.3 is 25.8 Å². The average molecular weight is 613 g/mol. The molecule has 0 spiro atoms. The molecule has 2 aromatic heterocycles. The fraction of sp³-hybridized carbons (Fsp3) is 0.294. The molecule has 44 heavy (non-hydrogen) atoms. The van der Waals surface area contributed by atoms with Crippen molar-refractivity contribution >= 4 is 34.8 Å². The van der Waals surface area contributed by atoms with Crippen molar-refractivity contribution in [1.82, 2.24) is 10.3 Å². The summed E-state index contributed by atoms with van der Waals surface area (Å²) in [6.07, 6.45) is 0.725. The molecule has 3 heterocycles. The first kappa shape index (κ1) is 30.9. The SMILES string of the molecule is COC(=O)c1nc(C(=O)NC(C)(C)C)ccc1-c1cc2c(cc1C(=O)Nc1c(C)cc(CN)cc1C)-c1sccc1CCO2. The molecule has 0 bridgehead atoms. The van der Waals surface area contributed by atoms with Gasteiger partial charge >= 0.3 is 5.97 Å². The number of ether oxygens (including phenoxy) is 2. The molecule has 0 radical (unpaired) electrons. The summed E-state index contributed by atoms with van der Waals surface area (Å²) >= 11 is 1.58. The number of carbonyl (C=O) groups excluding carboxylic acids is 3. The number of nitrogens with one attached hydrogen (secondary N) is 2. The van der Waals surface area contributed by atoms with Crippen molar-refractivity contribution in [2.45, 2.75) is 53.1 Å². The van der Waals surface area contributed by atoms with Crippen molar-refractivity contribution in [3.05, 3.63) is 87.0 Å². The molecule has 2 aromatic carbocycles. The second kappa shape index (κ2) is 12.2. The first-order chi connectivity index (χ1) is 20.9. The lowest BCUT2D eigenvalue weighted by molar-refractivity contribution is 0.0594. The van der Waals surface area contributed by atoms with Crippen molar-refractivity contribution < 1.29 is 23.9 Å². The number of aromatic nitrogens is 1. The third kappa shape index (κ3) is 6.22. The molecule has 9 nitrogen and oxygen atoms in total. The van der Waals surface area contributed by atoms with E-state index in [1.807, 2.05) is 52.1 Å². The van der Waals surface area contributed by atoms with Crippen LogP contribution in [0.3, 0.4) is 0 Å². The lowest BCUT2D eigenvalue weighted by Crippen LogP contribution is -2.41. The first-order valence-electron chi connectivity index (χ1n) is 14.3. The van der Waals surface area contributed by atoms with Crippen molar-refractivity contribution in [2.24, 2.45) is 5.73 Å². The molecule has 0 saturated carbocycles. The van der Waals surface area contributed by atoms with Gasteiger partial charge in [-0.1, -0.05) is 12.1 Å². The predicted octanol–water partition coefficient (Wildman–Crippen LogP) is 6.05. The maximum Gasteiger partial charge on any atom is 0.357 e. The summed E-state index contributed by atoms with van der Waals surface area (Å²) in [4.78, 5) is 45.7. The molecule has 4 aromatic rings. The molecule has 0 unspecified atom stereocenters. The number of nitrogens with two attached hydrogens (primary N) is 1. The fourth-order valence-electron chi connectivity index (χ4n) is 5.34. The second-order valence-electron chi connectivity index (χ2n) is 11.8. The van der Waals surface area contributed by atoms with Gasteiger partial charge in [0.25, 0.3) is 11.8 Å². The van der Waals surface area contributed by atoms with E-state index in [9.17, 15) is 14.4 Å². The number of rotatable bonds is 6. The zero-order valence-corrected chi connectivity index (χ0v) is 26.5. The van der Waals surface area contributed by atoms with Crippen LogP contribution in [-0.2, 0) is 17.7 Å². The van der Waals surface area contributed by atoms with Crippen LogP contribution in [0.15, 0.2) is 47.8 Å². The summed E-state index contributed by atoms with van der Waals surface area (Å²) in [7, 11) is 1.25. The molecular weight excluding hydrogens is 576 g/mol. The van der Waals surface area contributed by atoms with E-state index in [1.54, 1.807) is 29.5 Å². The number of esters is 1. The molecular formula is C34H36N4O5S. The quantitative estimate of drug-likeness (QED) is 0.226. The summed E-state index contributed by atoms with van der Waals surface area (Å²) in [6, 6.07) is 12.7. The number of pyridine rings is 1. The van der Waals surface area contributed by atoms with Crippen LogP contribution in [0, 0.1) is 13.8 Å². The van der Waals surface area contributed by atoms with Crippen LogP contribution in [-0.4, -0.2) is 42.0 Å². The number of anilines is 1. The second-order valence-corrected chi connectivity index (χ2v) is 12.7. The van der Waals surface area contributed by atoms with Gasteiger partial charge in [-0.25, -0.2) is 9.78 Å². The number of benzene rings is 2. The van der Waals surface area contributed by atoms with Crippen LogP contribution in [0.2, 0.25) is 0 Å². The highest BCUT2D eigenvalue weighted by molar-refractivity contribution is 7.13. The summed E-state index contributed by atoms with van der Waals surface area (Å²) in [5.41, 5.74) is 11.7. The van der Waals surface area contributed by atoms with E-state index in [4.69, 9.17) is 15.2 Å². The number of amides is 2. The number of hydrogen-bond donors (Lipinski definition) is 3. The topological polar surface area (TPSA) is 133 Å². The third-order valence-electron chi connectivity index (χ3n) is 7.34. The molecule has 0 aliphatic carbocycles. The van der Waals surface area contributed by atoms with Gasteiger partial charge in [-0.2, -0.15) is 0 Å². The van der Waals surface area contributed by atoms with E-state index >= 15 is 0 Å². The van der Waals surface area contributed by atoms with Gasteiger partial charge in [0.2, 0.25) is 0 Å². The minimum Gasteiger partial charge on any atom is -0.493 e. The average Bonchev–Trinajstić information content (AvgIpc) is 3.38. The highest BCUT2D eigenvalue weighted by Crippen LogP contribution is 2.43. The van der Waals surface area contributed by atoms with Gasteiger partial charge in [0.1, 0.15) is 11.4 Å². The lowest BCUT2D eigenvalue weighted by Gasteiger charge is -2.21. The van der Waals surface area contributed by atoms with E-state index in [0.29, 0.717) is 41.3 Å². The number of carbonyl (C=O) groups is 3. The van der Waals surface area contributed by atoms with Crippen LogP contribution in [0.25, 0.3) is 21.6 Å². The lowest BCUT2D eigenvalue weighted by atomic mass is 9.93. The van der Waals surface area contributed by atoms with Gasteiger partial charge in [-0.05, 0) is 92.6 Å². The molecule has 0 saturated heterocycles. The zero-order chi connectivity index (χ0) is 31.8.